The molecule has 0 aliphatic rings. The van der Waals surface area contributed by atoms with Crippen LogP contribution < -0.4 is 24.2 Å². The van der Waals surface area contributed by atoms with Gasteiger partial charge in [0.2, 0.25) is 0 Å². The van der Waals surface area contributed by atoms with Gasteiger partial charge in [0, 0.05) is 5.02 Å². The van der Waals surface area contributed by atoms with Gasteiger partial charge in [0.1, 0.15) is 17.2 Å². The fraction of sp³-hybridized carbons (Fsp3) is 0.174. The molecule has 0 radical (unpaired) electrons. The molecule has 10 heteroatoms. The van der Waals surface area contributed by atoms with Gasteiger partial charge in [0.05, 0.1) is 30.5 Å². The number of carbonyl (C=O) groups excluding carboxylic acids is 1. The maximum Gasteiger partial charge on any atom is 0.262 e. The number of amides is 1. The molecule has 0 saturated heterocycles. The average Bonchev–Trinajstić information content (AvgIpc) is 2.80. The molecule has 0 heterocycles. The van der Waals surface area contributed by atoms with Crippen LogP contribution >= 0.6 is 11.6 Å². The first kappa shape index (κ1) is 24.2. The second-order valence-corrected chi connectivity index (χ2v) is 9.01. The highest BCUT2D eigenvalue weighted by atomic mass is 35.5. The zero-order chi connectivity index (χ0) is 24.0. The lowest BCUT2D eigenvalue weighted by atomic mass is 10.2. The Kier molecular flexibility index (Phi) is 7.67. The number of benzene rings is 3. The van der Waals surface area contributed by atoms with Gasteiger partial charge >= 0.3 is 0 Å². The normalized spacial score (nSPS) is 10.9. The van der Waals surface area contributed by atoms with Crippen LogP contribution in [0.15, 0.2) is 65.6 Å². The maximum atomic E-state index is 12.9. The van der Waals surface area contributed by atoms with Crippen LogP contribution in [0.3, 0.4) is 0 Å². The fourth-order valence-corrected chi connectivity index (χ4v) is 4.14. The Morgan fingerprint density at radius 1 is 0.939 bits per heavy atom. The maximum absolute atomic E-state index is 12.9. The van der Waals surface area contributed by atoms with Crippen molar-refractivity contribution in [1.82, 2.24) is 0 Å². The van der Waals surface area contributed by atoms with Crippen molar-refractivity contribution in [3.05, 3.63) is 71.2 Å². The molecule has 0 aliphatic heterocycles. The Morgan fingerprint density at radius 3 is 2.33 bits per heavy atom. The van der Waals surface area contributed by atoms with Crippen molar-refractivity contribution in [2.24, 2.45) is 0 Å². The zero-order valence-electron chi connectivity index (χ0n) is 18.2. The number of rotatable bonds is 9. The Balaban J connectivity index is 1.77. The van der Waals surface area contributed by atoms with E-state index in [-0.39, 0.29) is 22.9 Å². The molecule has 0 unspecified atom stereocenters. The third kappa shape index (κ3) is 6.09. The number of hydrogen-bond donors (Lipinski definition) is 2. The quantitative estimate of drug-likeness (QED) is 0.458. The molecular formula is C23H23ClN2O6S. The molecule has 0 saturated carbocycles. The lowest BCUT2D eigenvalue weighted by Crippen LogP contribution is -2.21. The van der Waals surface area contributed by atoms with Crippen molar-refractivity contribution < 1.29 is 27.4 Å². The minimum atomic E-state index is -3.97. The summed E-state index contributed by atoms with van der Waals surface area (Å²) < 4.78 is 44.3. The summed E-state index contributed by atoms with van der Waals surface area (Å²) in [6.07, 6.45) is 0. The molecule has 0 aromatic heterocycles. The van der Waals surface area contributed by atoms with Crippen LogP contribution in [0.4, 0.5) is 11.4 Å². The molecule has 3 rings (SSSR count). The van der Waals surface area contributed by atoms with Crippen molar-refractivity contribution in [3.8, 4) is 17.2 Å². The van der Waals surface area contributed by atoms with Crippen molar-refractivity contribution in [1.29, 1.82) is 0 Å². The largest absolute Gasteiger partial charge is 0.495 e. The number of sulfonamides is 1. The van der Waals surface area contributed by atoms with E-state index in [1.807, 2.05) is 6.92 Å². The smallest absolute Gasteiger partial charge is 0.262 e. The van der Waals surface area contributed by atoms with Gasteiger partial charge in [-0.3, -0.25) is 9.52 Å². The van der Waals surface area contributed by atoms with E-state index in [1.54, 1.807) is 42.5 Å². The lowest BCUT2D eigenvalue weighted by molar-refractivity contribution is -0.118. The van der Waals surface area contributed by atoms with E-state index in [2.05, 4.69) is 10.0 Å². The van der Waals surface area contributed by atoms with Gasteiger partial charge < -0.3 is 19.5 Å². The highest BCUT2D eigenvalue weighted by Gasteiger charge is 2.19. The van der Waals surface area contributed by atoms with E-state index in [1.165, 1.54) is 32.4 Å². The standard InChI is InChI=1S/C23H23ClN2O6S/c1-15-12-16(8-10-18(15)24)32-14-23(27)25-20-13-17(9-11-22(20)31-3)33(28,29)26-19-6-4-5-7-21(19)30-2/h4-13,26H,14H2,1-3H3,(H,25,27). The average molecular weight is 491 g/mol. The van der Waals surface area contributed by atoms with Gasteiger partial charge in [-0.2, -0.15) is 0 Å². The Labute approximate surface area is 197 Å². The van der Waals surface area contributed by atoms with Crippen LogP contribution in [-0.4, -0.2) is 35.2 Å². The molecule has 1 amide bonds. The molecular weight excluding hydrogens is 468 g/mol. The van der Waals surface area contributed by atoms with Crippen molar-refractivity contribution in [2.75, 3.05) is 30.9 Å². The first-order valence-electron chi connectivity index (χ1n) is 9.76. The third-order valence-electron chi connectivity index (χ3n) is 4.61. The molecule has 0 bridgehead atoms. The number of anilines is 2. The molecule has 33 heavy (non-hydrogen) atoms. The van der Waals surface area contributed by atoms with E-state index >= 15 is 0 Å². The minimum Gasteiger partial charge on any atom is -0.495 e. The lowest BCUT2D eigenvalue weighted by Gasteiger charge is -2.15. The first-order valence-corrected chi connectivity index (χ1v) is 11.6. The summed E-state index contributed by atoms with van der Waals surface area (Å²) >= 11 is 5.99. The minimum absolute atomic E-state index is 0.0706. The number of halogens is 1. The molecule has 8 nitrogen and oxygen atoms in total. The van der Waals surface area contributed by atoms with Crippen LogP contribution in [0.2, 0.25) is 5.02 Å². The van der Waals surface area contributed by atoms with Crippen LogP contribution in [0.5, 0.6) is 17.2 Å². The third-order valence-corrected chi connectivity index (χ3v) is 6.39. The van der Waals surface area contributed by atoms with E-state index in [9.17, 15) is 13.2 Å². The summed E-state index contributed by atoms with van der Waals surface area (Å²) in [5, 5.41) is 3.22. The number of hydrogen-bond acceptors (Lipinski definition) is 6. The van der Waals surface area contributed by atoms with Crippen LogP contribution in [0.1, 0.15) is 5.56 Å². The number of carbonyl (C=O) groups is 1. The molecule has 0 atom stereocenters. The Hall–Kier alpha value is -3.43. The first-order chi connectivity index (χ1) is 15.7. The van der Waals surface area contributed by atoms with E-state index in [4.69, 9.17) is 25.8 Å². The van der Waals surface area contributed by atoms with Crippen molar-refractivity contribution >= 4 is 38.9 Å². The number of aryl methyl sites for hydroxylation is 1. The van der Waals surface area contributed by atoms with Crippen molar-refractivity contribution in [3.63, 3.8) is 0 Å². The topological polar surface area (TPSA) is 103 Å². The van der Waals surface area contributed by atoms with Crippen LogP contribution in [-0.2, 0) is 14.8 Å². The Bertz CT molecular complexity index is 1260. The number of ether oxygens (including phenoxy) is 3. The number of nitrogens with one attached hydrogen (secondary N) is 2. The van der Waals surface area contributed by atoms with Crippen LogP contribution in [0.25, 0.3) is 0 Å². The summed E-state index contributed by atoms with van der Waals surface area (Å²) in [7, 11) is -1.11. The van der Waals surface area contributed by atoms with Gasteiger partial charge in [-0.25, -0.2) is 8.42 Å². The summed E-state index contributed by atoms with van der Waals surface area (Å²) in [5.74, 6) is 0.657. The number of para-hydroxylation sites is 2. The highest BCUT2D eigenvalue weighted by Crippen LogP contribution is 2.30. The zero-order valence-corrected chi connectivity index (χ0v) is 19.8. The SMILES string of the molecule is COc1ccc(S(=O)(=O)Nc2ccccc2OC)cc1NC(=O)COc1ccc(Cl)c(C)c1. The van der Waals surface area contributed by atoms with E-state index < -0.39 is 15.9 Å². The van der Waals surface area contributed by atoms with Gasteiger partial charge in [0.25, 0.3) is 15.9 Å². The molecule has 0 fully saturated rings. The second kappa shape index (κ2) is 10.5. The monoisotopic (exact) mass is 490 g/mol. The predicted molar refractivity (Wildman–Crippen MR) is 127 cm³/mol. The highest BCUT2D eigenvalue weighted by molar-refractivity contribution is 7.92. The van der Waals surface area contributed by atoms with E-state index in [0.717, 1.165) is 5.56 Å². The van der Waals surface area contributed by atoms with Gasteiger partial charge in [-0.05, 0) is 61.0 Å². The summed E-state index contributed by atoms with van der Waals surface area (Å²) in [6, 6.07) is 15.8. The predicted octanol–water partition coefficient (Wildman–Crippen LogP) is 4.48. The van der Waals surface area contributed by atoms with E-state index in [0.29, 0.717) is 22.3 Å². The van der Waals surface area contributed by atoms with Gasteiger partial charge in [-0.15, -0.1) is 0 Å². The summed E-state index contributed by atoms with van der Waals surface area (Å²) in [5.41, 5.74) is 1.28. The summed E-state index contributed by atoms with van der Waals surface area (Å²) in [6.45, 7) is 1.53. The Morgan fingerprint density at radius 2 is 1.64 bits per heavy atom. The van der Waals surface area contributed by atoms with Crippen LogP contribution in [0, 0.1) is 6.92 Å². The van der Waals surface area contributed by atoms with Crippen molar-refractivity contribution in [2.45, 2.75) is 11.8 Å². The molecule has 2 N–H and O–H groups in total. The second-order valence-electron chi connectivity index (χ2n) is 6.92. The van der Waals surface area contributed by atoms with Gasteiger partial charge in [-0.1, -0.05) is 23.7 Å². The summed E-state index contributed by atoms with van der Waals surface area (Å²) in [4.78, 5) is 12.4. The fourth-order valence-electron chi connectivity index (χ4n) is 2.93. The molecule has 3 aromatic carbocycles. The molecule has 0 spiro atoms. The molecule has 3 aromatic rings. The molecule has 0 aliphatic carbocycles. The van der Waals surface area contributed by atoms with Gasteiger partial charge in [0.15, 0.2) is 6.61 Å². The number of methoxy groups -OCH3 is 2. The molecule has 174 valence electrons.